The topological polar surface area (TPSA) is 73.1 Å². The predicted octanol–water partition coefficient (Wildman–Crippen LogP) is 3.14. The number of carbonyl (C=O) groups excluding carboxylic acids is 1. The van der Waals surface area contributed by atoms with E-state index in [-0.39, 0.29) is 24.3 Å². The van der Waals surface area contributed by atoms with Crippen LogP contribution in [0.15, 0.2) is 69.6 Å². The van der Waals surface area contributed by atoms with Gasteiger partial charge in [0.05, 0.1) is 22.4 Å². The average molecular weight is 512 g/mol. The van der Waals surface area contributed by atoms with Crippen LogP contribution in [0.2, 0.25) is 5.02 Å². The van der Waals surface area contributed by atoms with Crippen LogP contribution in [0.3, 0.4) is 0 Å². The maximum absolute atomic E-state index is 13.7. The zero-order valence-electron chi connectivity index (χ0n) is 19.9. The summed E-state index contributed by atoms with van der Waals surface area (Å²) in [6.07, 6.45) is 1.84. The molecule has 7 nitrogen and oxygen atoms in total. The number of hydrogen-bond donors (Lipinski definition) is 0. The summed E-state index contributed by atoms with van der Waals surface area (Å²) in [5, 5.41) is 0.447. The monoisotopic (exact) mass is 511 g/mol. The molecule has 0 aliphatic carbocycles. The second kappa shape index (κ2) is 10.6. The van der Waals surface area contributed by atoms with Gasteiger partial charge in [-0.1, -0.05) is 53.3 Å². The molecule has 1 unspecified atom stereocenters. The van der Waals surface area contributed by atoms with Crippen LogP contribution in [0.25, 0.3) is 6.08 Å². The minimum absolute atomic E-state index is 0.0920. The van der Waals surface area contributed by atoms with E-state index >= 15 is 0 Å². The molecule has 9 heteroatoms. The normalized spacial score (nSPS) is 15.6. The highest BCUT2D eigenvalue weighted by atomic mass is 35.5. The maximum atomic E-state index is 13.7. The van der Waals surface area contributed by atoms with E-state index in [1.165, 1.54) is 23.0 Å². The van der Waals surface area contributed by atoms with E-state index in [1.807, 2.05) is 61.5 Å². The molecular formula is C26H26ClN3O4S. The predicted molar refractivity (Wildman–Crippen MR) is 139 cm³/mol. The molecule has 0 bridgehead atoms. The molecule has 0 saturated carbocycles. The standard InChI is InChI=1S/C26H26ClN3O4S/c1-16-22(25(32)34-14-13-33-4)23(19-7-5-6-8-20(19)27)30-24(31)21(35-26(30)28-16)15-17-9-11-18(12-10-17)29(2)3/h5-12,15,23H,13-14H2,1-4H3. The van der Waals surface area contributed by atoms with E-state index in [0.29, 0.717) is 25.6 Å². The highest BCUT2D eigenvalue weighted by Crippen LogP contribution is 2.34. The Labute approximate surface area is 212 Å². The Morgan fingerprint density at radius 2 is 1.89 bits per heavy atom. The lowest BCUT2D eigenvalue weighted by molar-refractivity contribution is -0.140. The lowest BCUT2D eigenvalue weighted by atomic mass is 9.96. The molecule has 35 heavy (non-hydrogen) atoms. The summed E-state index contributed by atoms with van der Waals surface area (Å²) in [4.78, 5) is 33.9. The van der Waals surface area contributed by atoms with Crippen molar-refractivity contribution in [3.8, 4) is 0 Å². The van der Waals surface area contributed by atoms with E-state index in [4.69, 9.17) is 21.1 Å². The highest BCUT2D eigenvalue weighted by molar-refractivity contribution is 7.07. The van der Waals surface area contributed by atoms with Crippen molar-refractivity contribution in [1.82, 2.24) is 4.57 Å². The SMILES string of the molecule is COCCOC(=O)C1=C(C)N=c2sc(=Cc3ccc(N(C)C)cc3)c(=O)n2C1c1ccccc1Cl. The van der Waals surface area contributed by atoms with E-state index in [9.17, 15) is 9.59 Å². The van der Waals surface area contributed by atoms with Crippen molar-refractivity contribution in [3.63, 3.8) is 0 Å². The summed E-state index contributed by atoms with van der Waals surface area (Å²) in [6, 6.07) is 14.3. The first-order valence-corrected chi connectivity index (χ1v) is 12.2. The number of methoxy groups -OCH3 is 1. The minimum atomic E-state index is -0.756. The molecule has 2 heterocycles. The van der Waals surface area contributed by atoms with Gasteiger partial charge in [-0.25, -0.2) is 9.79 Å². The first-order chi connectivity index (χ1) is 16.8. The molecule has 2 aromatic carbocycles. The smallest absolute Gasteiger partial charge is 0.338 e. The summed E-state index contributed by atoms with van der Waals surface area (Å²) in [7, 11) is 5.48. The van der Waals surface area contributed by atoms with Crippen molar-refractivity contribution in [2.45, 2.75) is 13.0 Å². The number of nitrogens with zero attached hydrogens (tertiary/aromatic N) is 3. The third-order valence-electron chi connectivity index (χ3n) is 5.67. The van der Waals surface area contributed by atoms with Gasteiger partial charge in [0.15, 0.2) is 4.80 Å². The van der Waals surface area contributed by atoms with Crippen LogP contribution in [-0.2, 0) is 14.3 Å². The van der Waals surface area contributed by atoms with E-state index in [0.717, 1.165) is 11.3 Å². The van der Waals surface area contributed by atoms with Gasteiger partial charge in [0.25, 0.3) is 5.56 Å². The van der Waals surface area contributed by atoms with Crippen molar-refractivity contribution in [3.05, 3.63) is 95.6 Å². The zero-order chi connectivity index (χ0) is 25.1. The summed E-state index contributed by atoms with van der Waals surface area (Å²) < 4.78 is 12.5. The van der Waals surface area contributed by atoms with Crippen LogP contribution in [-0.4, -0.2) is 45.0 Å². The first kappa shape index (κ1) is 24.9. The first-order valence-electron chi connectivity index (χ1n) is 11.0. The van der Waals surface area contributed by atoms with Gasteiger partial charge in [0.1, 0.15) is 12.6 Å². The number of hydrogen-bond acceptors (Lipinski definition) is 7. The number of rotatable bonds is 7. The fraction of sp³-hybridized carbons (Fsp3) is 0.269. The highest BCUT2D eigenvalue weighted by Gasteiger charge is 2.34. The molecule has 0 radical (unpaired) electrons. The molecule has 0 amide bonds. The number of allylic oxidation sites excluding steroid dienone is 1. The fourth-order valence-electron chi connectivity index (χ4n) is 3.89. The summed E-state index contributed by atoms with van der Waals surface area (Å²) in [6.45, 7) is 2.10. The van der Waals surface area contributed by atoms with E-state index < -0.39 is 12.0 Å². The van der Waals surface area contributed by atoms with Crippen LogP contribution < -0.4 is 19.8 Å². The zero-order valence-corrected chi connectivity index (χ0v) is 21.5. The Bertz CT molecular complexity index is 1450. The van der Waals surface area contributed by atoms with E-state index in [2.05, 4.69) is 4.99 Å². The van der Waals surface area contributed by atoms with Crippen molar-refractivity contribution in [1.29, 1.82) is 0 Å². The minimum Gasteiger partial charge on any atom is -0.460 e. The van der Waals surface area contributed by atoms with E-state index in [1.54, 1.807) is 19.1 Å². The number of aromatic nitrogens is 1. The van der Waals surface area contributed by atoms with Crippen LogP contribution in [0.4, 0.5) is 5.69 Å². The van der Waals surface area contributed by atoms with Gasteiger partial charge in [-0.05, 0) is 42.3 Å². The van der Waals surface area contributed by atoms with Crippen LogP contribution >= 0.6 is 22.9 Å². The van der Waals surface area contributed by atoms with Gasteiger partial charge >= 0.3 is 5.97 Å². The molecule has 0 N–H and O–H groups in total. The molecule has 1 aromatic heterocycles. The summed E-state index contributed by atoms with van der Waals surface area (Å²) in [5.74, 6) is -0.554. The number of benzene rings is 2. The molecule has 4 rings (SSSR count). The fourth-order valence-corrected chi connectivity index (χ4v) is 5.17. The number of anilines is 1. The maximum Gasteiger partial charge on any atom is 0.338 e. The lowest BCUT2D eigenvalue weighted by Crippen LogP contribution is -2.40. The average Bonchev–Trinajstić information content (AvgIpc) is 3.13. The molecule has 0 fully saturated rings. The van der Waals surface area contributed by atoms with Gasteiger partial charge in [-0.3, -0.25) is 9.36 Å². The molecule has 0 saturated heterocycles. The van der Waals surface area contributed by atoms with Crippen LogP contribution in [0.1, 0.15) is 24.1 Å². The number of fused-ring (bicyclic) bond motifs is 1. The molecule has 182 valence electrons. The molecule has 3 aromatic rings. The van der Waals surface area contributed by atoms with Gasteiger partial charge in [-0.2, -0.15) is 0 Å². The van der Waals surface area contributed by atoms with Crippen LogP contribution in [0, 0.1) is 0 Å². The molecule has 1 atom stereocenters. The molecule has 1 aliphatic heterocycles. The molecule has 1 aliphatic rings. The third kappa shape index (κ3) is 5.10. The summed E-state index contributed by atoms with van der Waals surface area (Å²) in [5.41, 5.74) is 3.11. The third-order valence-corrected chi connectivity index (χ3v) is 7.00. The number of halogens is 1. The van der Waals surface area contributed by atoms with Crippen molar-refractivity contribution >= 4 is 40.7 Å². The number of esters is 1. The Morgan fingerprint density at radius 3 is 2.54 bits per heavy atom. The Morgan fingerprint density at radius 1 is 1.17 bits per heavy atom. The van der Waals surface area contributed by atoms with Crippen molar-refractivity contribution in [2.75, 3.05) is 39.3 Å². The second-order valence-electron chi connectivity index (χ2n) is 8.22. The van der Waals surface area contributed by atoms with Gasteiger partial charge in [0.2, 0.25) is 0 Å². The van der Waals surface area contributed by atoms with Crippen LogP contribution in [0.5, 0.6) is 0 Å². The number of thiazole rings is 1. The van der Waals surface area contributed by atoms with Gasteiger partial charge < -0.3 is 14.4 Å². The number of carbonyl (C=O) groups is 1. The lowest BCUT2D eigenvalue weighted by Gasteiger charge is -2.25. The van der Waals surface area contributed by atoms with Crippen molar-refractivity contribution in [2.24, 2.45) is 4.99 Å². The Balaban J connectivity index is 1.86. The molecular weight excluding hydrogens is 486 g/mol. The van der Waals surface area contributed by atoms with Crippen molar-refractivity contribution < 1.29 is 14.3 Å². The Hall–Kier alpha value is -3.20. The second-order valence-corrected chi connectivity index (χ2v) is 9.63. The molecule has 0 spiro atoms. The van der Waals surface area contributed by atoms with Gasteiger partial charge in [-0.15, -0.1) is 0 Å². The number of ether oxygens (including phenoxy) is 2. The Kier molecular flexibility index (Phi) is 7.54. The largest absolute Gasteiger partial charge is 0.460 e. The quantitative estimate of drug-likeness (QED) is 0.360. The van der Waals surface area contributed by atoms with Gasteiger partial charge in [0, 0.05) is 31.9 Å². The summed E-state index contributed by atoms with van der Waals surface area (Å²) >= 11 is 7.83.